The third-order valence-corrected chi connectivity index (χ3v) is 2.63. The standard InChI is InChI=1S/C12H20N4O2/c1-2-3-4-7-11(17)16(15-13)12(18)10-6-5-8-14-9-10/h5-6,8-9,11,15,17H,2-4,7,13H2,1H3. The van der Waals surface area contributed by atoms with Crippen LogP contribution < -0.4 is 11.4 Å². The van der Waals surface area contributed by atoms with E-state index in [0.29, 0.717) is 12.0 Å². The number of nitrogens with zero attached hydrogens (tertiary/aromatic N) is 2. The first-order chi connectivity index (χ1) is 8.70. The van der Waals surface area contributed by atoms with E-state index in [4.69, 9.17) is 5.84 Å². The summed E-state index contributed by atoms with van der Waals surface area (Å²) in [5, 5.41) is 10.9. The summed E-state index contributed by atoms with van der Waals surface area (Å²) in [7, 11) is 0. The smallest absolute Gasteiger partial charge is 0.272 e. The van der Waals surface area contributed by atoms with Crippen molar-refractivity contribution in [2.45, 2.75) is 38.8 Å². The molecule has 0 aromatic carbocycles. The van der Waals surface area contributed by atoms with E-state index in [1.807, 2.05) is 0 Å². The van der Waals surface area contributed by atoms with Crippen LogP contribution in [0.1, 0.15) is 43.0 Å². The maximum Gasteiger partial charge on any atom is 0.272 e. The van der Waals surface area contributed by atoms with Gasteiger partial charge < -0.3 is 5.11 Å². The van der Waals surface area contributed by atoms with Gasteiger partial charge in [-0.3, -0.25) is 15.6 Å². The molecule has 1 unspecified atom stereocenters. The SMILES string of the molecule is CCCCCC(O)N(NN)C(=O)c1cccnc1. The number of unbranched alkanes of at least 4 members (excludes halogenated alkanes) is 2. The maximum atomic E-state index is 12.0. The molecule has 0 fully saturated rings. The fraction of sp³-hybridized carbons (Fsp3) is 0.500. The fourth-order valence-electron chi connectivity index (χ4n) is 1.61. The monoisotopic (exact) mass is 252 g/mol. The minimum Gasteiger partial charge on any atom is -0.372 e. The molecule has 6 nitrogen and oxygen atoms in total. The van der Waals surface area contributed by atoms with Crippen molar-refractivity contribution in [3.05, 3.63) is 30.1 Å². The number of hydrogen-bond acceptors (Lipinski definition) is 5. The van der Waals surface area contributed by atoms with Crippen LogP contribution in [-0.2, 0) is 0 Å². The Morgan fingerprint density at radius 3 is 2.94 bits per heavy atom. The quantitative estimate of drug-likeness (QED) is 0.289. The largest absolute Gasteiger partial charge is 0.372 e. The minimum absolute atomic E-state index is 0.380. The molecule has 0 saturated heterocycles. The summed E-state index contributed by atoms with van der Waals surface area (Å²) in [4.78, 5) is 15.9. The van der Waals surface area contributed by atoms with E-state index in [1.165, 1.54) is 6.20 Å². The summed E-state index contributed by atoms with van der Waals surface area (Å²) in [6.07, 6.45) is 5.48. The second kappa shape index (κ2) is 7.75. The molecule has 18 heavy (non-hydrogen) atoms. The van der Waals surface area contributed by atoms with Crippen molar-refractivity contribution in [3.63, 3.8) is 0 Å². The van der Waals surface area contributed by atoms with Crippen molar-refractivity contribution in [2.75, 3.05) is 0 Å². The molecule has 0 bridgehead atoms. The van der Waals surface area contributed by atoms with Crippen molar-refractivity contribution in [3.8, 4) is 0 Å². The number of hydrogen-bond donors (Lipinski definition) is 3. The number of hydrazine groups is 2. The van der Waals surface area contributed by atoms with Crippen LogP contribution in [0.5, 0.6) is 0 Å². The van der Waals surface area contributed by atoms with Crippen molar-refractivity contribution < 1.29 is 9.90 Å². The molecule has 0 aliphatic heterocycles. The van der Waals surface area contributed by atoms with Gasteiger partial charge in [0.25, 0.3) is 5.91 Å². The Kier molecular flexibility index (Phi) is 6.27. The molecule has 0 aliphatic rings. The highest BCUT2D eigenvalue weighted by Crippen LogP contribution is 2.09. The van der Waals surface area contributed by atoms with Crippen LogP contribution in [0.15, 0.2) is 24.5 Å². The summed E-state index contributed by atoms with van der Waals surface area (Å²) < 4.78 is 0. The van der Waals surface area contributed by atoms with Crippen LogP contribution >= 0.6 is 0 Å². The van der Waals surface area contributed by atoms with Crippen molar-refractivity contribution in [2.24, 2.45) is 5.84 Å². The molecule has 0 aliphatic carbocycles. The van der Waals surface area contributed by atoms with E-state index in [-0.39, 0.29) is 0 Å². The highest BCUT2D eigenvalue weighted by atomic mass is 16.3. The zero-order valence-corrected chi connectivity index (χ0v) is 10.5. The summed E-state index contributed by atoms with van der Waals surface area (Å²) in [5.74, 6) is 4.90. The van der Waals surface area contributed by atoms with Gasteiger partial charge in [0, 0.05) is 12.4 Å². The molecule has 1 aromatic heterocycles. The molecule has 4 N–H and O–H groups in total. The van der Waals surface area contributed by atoms with Gasteiger partial charge in [-0.1, -0.05) is 19.8 Å². The molecular formula is C12H20N4O2. The van der Waals surface area contributed by atoms with Crippen LogP contribution in [0, 0.1) is 0 Å². The number of rotatable bonds is 7. The molecule has 0 saturated carbocycles. The third-order valence-electron chi connectivity index (χ3n) is 2.63. The summed E-state index contributed by atoms with van der Waals surface area (Å²) in [6.45, 7) is 2.08. The predicted octanol–water partition coefficient (Wildman–Crippen LogP) is 0.801. The van der Waals surface area contributed by atoms with Crippen LogP contribution in [0.4, 0.5) is 0 Å². The van der Waals surface area contributed by atoms with Crippen molar-refractivity contribution >= 4 is 5.91 Å². The third kappa shape index (κ3) is 4.06. The number of carbonyl (C=O) groups is 1. The van der Waals surface area contributed by atoms with E-state index in [9.17, 15) is 9.90 Å². The number of aliphatic hydroxyl groups excluding tert-OH is 1. The van der Waals surface area contributed by atoms with Crippen molar-refractivity contribution in [1.82, 2.24) is 15.5 Å². The van der Waals surface area contributed by atoms with Gasteiger partial charge in [0.15, 0.2) is 0 Å². The Bertz CT molecular complexity index is 358. The number of nitrogens with one attached hydrogen (secondary N) is 1. The topological polar surface area (TPSA) is 91.5 Å². The Balaban J connectivity index is 2.62. The lowest BCUT2D eigenvalue weighted by atomic mass is 10.2. The van der Waals surface area contributed by atoms with Gasteiger partial charge >= 0.3 is 0 Å². The van der Waals surface area contributed by atoms with E-state index < -0.39 is 12.1 Å². The molecule has 0 spiro atoms. The Labute approximate surface area is 107 Å². The number of pyridine rings is 1. The molecule has 1 rings (SSSR count). The van der Waals surface area contributed by atoms with E-state index in [1.54, 1.807) is 18.3 Å². The van der Waals surface area contributed by atoms with E-state index in [0.717, 1.165) is 24.3 Å². The van der Waals surface area contributed by atoms with Gasteiger partial charge in [0.05, 0.1) is 5.56 Å². The second-order valence-electron chi connectivity index (χ2n) is 4.02. The number of amides is 1. The molecule has 1 aromatic rings. The minimum atomic E-state index is -0.936. The molecule has 1 heterocycles. The first-order valence-corrected chi connectivity index (χ1v) is 6.08. The Hall–Kier alpha value is -1.50. The number of carbonyl (C=O) groups excluding carboxylic acids is 1. The molecule has 1 amide bonds. The highest BCUT2D eigenvalue weighted by Gasteiger charge is 2.21. The molecular weight excluding hydrogens is 232 g/mol. The van der Waals surface area contributed by atoms with Gasteiger partial charge in [0.1, 0.15) is 6.23 Å². The van der Waals surface area contributed by atoms with Crippen LogP contribution in [-0.4, -0.2) is 27.2 Å². The van der Waals surface area contributed by atoms with Crippen LogP contribution in [0.25, 0.3) is 0 Å². The Morgan fingerprint density at radius 1 is 1.61 bits per heavy atom. The first-order valence-electron chi connectivity index (χ1n) is 6.08. The van der Waals surface area contributed by atoms with Gasteiger partial charge in [0.2, 0.25) is 0 Å². The van der Waals surface area contributed by atoms with E-state index in [2.05, 4.69) is 17.4 Å². The number of aromatic nitrogens is 1. The average Bonchev–Trinajstić information content (AvgIpc) is 2.41. The average molecular weight is 252 g/mol. The summed E-state index contributed by atoms with van der Waals surface area (Å²) >= 11 is 0. The van der Waals surface area contributed by atoms with E-state index >= 15 is 0 Å². The lowest BCUT2D eigenvalue weighted by Crippen LogP contribution is -2.52. The molecule has 100 valence electrons. The van der Waals surface area contributed by atoms with Gasteiger partial charge in [-0.15, -0.1) is 0 Å². The molecule has 1 atom stereocenters. The summed E-state index contributed by atoms with van der Waals surface area (Å²) in [5.41, 5.74) is 2.61. The van der Waals surface area contributed by atoms with Crippen LogP contribution in [0.2, 0.25) is 0 Å². The number of aliphatic hydroxyl groups is 1. The summed E-state index contributed by atoms with van der Waals surface area (Å²) in [6, 6.07) is 3.28. The lowest BCUT2D eigenvalue weighted by Gasteiger charge is -2.26. The zero-order chi connectivity index (χ0) is 13.4. The number of nitrogens with two attached hydrogens (primary N) is 1. The predicted molar refractivity (Wildman–Crippen MR) is 67.9 cm³/mol. The van der Waals surface area contributed by atoms with Gasteiger partial charge in [-0.2, -0.15) is 5.53 Å². The zero-order valence-electron chi connectivity index (χ0n) is 10.5. The van der Waals surface area contributed by atoms with Gasteiger partial charge in [-0.05, 0) is 25.0 Å². The first kappa shape index (κ1) is 14.6. The molecule has 6 heteroatoms. The lowest BCUT2D eigenvalue weighted by molar-refractivity contribution is -0.0230. The Morgan fingerprint density at radius 2 is 2.39 bits per heavy atom. The normalized spacial score (nSPS) is 12.2. The van der Waals surface area contributed by atoms with Crippen LogP contribution in [0.3, 0.4) is 0 Å². The van der Waals surface area contributed by atoms with Gasteiger partial charge in [-0.25, -0.2) is 5.01 Å². The molecule has 0 radical (unpaired) electrons. The second-order valence-corrected chi connectivity index (χ2v) is 4.02. The maximum absolute atomic E-state index is 12.0. The highest BCUT2D eigenvalue weighted by molar-refractivity contribution is 5.93. The van der Waals surface area contributed by atoms with Crippen molar-refractivity contribution in [1.29, 1.82) is 0 Å². The fourth-order valence-corrected chi connectivity index (χ4v) is 1.61.